The summed E-state index contributed by atoms with van der Waals surface area (Å²) in [5, 5.41) is 7.33. The first-order valence-corrected chi connectivity index (χ1v) is 8.29. The van der Waals surface area contributed by atoms with Crippen LogP contribution in [0.1, 0.15) is 12.0 Å². The van der Waals surface area contributed by atoms with Crippen molar-refractivity contribution in [3.63, 3.8) is 0 Å². The van der Waals surface area contributed by atoms with Crippen molar-refractivity contribution in [3.8, 4) is 22.8 Å². The number of ether oxygens (including phenoxy) is 1. The molecule has 0 fully saturated rings. The van der Waals surface area contributed by atoms with Crippen molar-refractivity contribution in [1.29, 1.82) is 0 Å². The normalized spacial score (nSPS) is 11.0. The Kier molecular flexibility index (Phi) is 5.79. The second-order valence-corrected chi connectivity index (χ2v) is 5.83. The summed E-state index contributed by atoms with van der Waals surface area (Å²) in [4.78, 5) is 17.9. The van der Waals surface area contributed by atoms with Crippen LogP contribution >= 0.6 is 0 Å². The van der Waals surface area contributed by atoms with Gasteiger partial charge in [-0.15, -0.1) is 18.3 Å². The standard InChI is InChI=1S/C18H13F3N6O2/c19-18(20,21)29-15-8-6-14(7-9-15)27-11-23-17(25-27)13-4-1-12(2-5-13)3-10-16(28)24-26-22/h1-2,4-9,11H,3,10H2. The minimum atomic E-state index is -4.75. The molecule has 3 aromatic rings. The van der Waals surface area contributed by atoms with Gasteiger partial charge < -0.3 is 4.74 Å². The Balaban J connectivity index is 1.68. The van der Waals surface area contributed by atoms with Crippen LogP contribution in [0, 0.1) is 0 Å². The Labute approximate surface area is 162 Å². The average Bonchev–Trinajstić information content (AvgIpc) is 3.16. The molecule has 0 saturated carbocycles. The van der Waals surface area contributed by atoms with E-state index in [-0.39, 0.29) is 12.2 Å². The zero-order valence-electron chi connectivity index (χ0n) is 14.7. The van der Waals surface area contributed by atoms with Gasteiger partial charge in [0.15, 0.2) is 5.82 Å². The maximum atomic E-state index is 12.2. The van der Waals surface area contributed by atoms with E-state index in [2.05, 4.69) is 24.8 Å². The Bertz CT molecular complexity index is 1040. The van der Waals surface area contributed by atoms with Crippen molar-refractivity contribution in [1.82, 2.24) is 14.8 Å². The number of carbonyl (C=O) groups excluding carboxylic acids is 1. The number of aromatic nitrogens is 3. The highest BCUT2D eigenvalue weighted by Crippen LogP contribution is 2.24. The number of rotatable bonds is 6. The lowest BCUT2D eigenvalue weighted by atomic mass is 10.1. The summed E-state index contributed by atoms with van der Waals surface area (Å²) in [6, 6.07) is 12.4. The van der Waals surface area contributed by atoms with Crippen molar-refractivity contribution in [2.45, 2.75) is 19.2 Å². The van der Waals surface area contributed by atoms with Gasteiger partial charge >= 0.3 is 6.36 Å². The molecular formula is C18H13F3N6O2. The molecule has 148 valence electrons. The van der Waals surface area contributed by atoms with E-state index in [0.29, 0.717) is 17.9 Å². The third kappa shape index (κ3) is 5.56. The predicted octanol–water partition coefficient (Wildman–Crippen LogP) is 4.60. The first kappa shape index (κ1) is 19.9. The first-order chi connectivity index (χ1) is 13.8. The SMILES string of the molecule is [N-]=[N+]=NC(=O)CCc1ccc(-c2ncn(-c3ccc(OC(F)(F)F)cc3)n2)cc1. The van der Waals surface area contributed by atoms with Gasteiger partial charge in [-0.1, -0.05) is 24.3 Å². The van der Waals surface area contributed by atoms with E-state index < -0.39 is 12.3 Å². The summed E-state index contributed by atoms with van der Waals surface area (Å²) in [6.07, 6.45) is -2.75. The van der Waals surface area contributed by atoms with E-state index in [9.17, 15) is 18.0 Å². The van der Waals surface area contributed by atoms with Crippen LogP contribution in [0.15, 0.2) is 60.0 Å². The Morgan fingerprint density at radius 1 is 1.14 bits per heavy atom. The van der Waals surface area contributed by atoms with Crippen molar-refractivity contribution in [2.24, 2.45) is 5.11 Å². The van der Waals surface area contributed by atoms with Crippen LogP contribution in [0.5, 0.6) is 5.75 Å². The second kappa shape index (κ2) is 8.44. The van der Waals surface area contributed by atoms with Crippen molar-refractivity contribution in [2.75, 3.05) is 0 Å². The molecule has 0 aliphatic rings. The number of amides is 1. The third-order valence-corrected chi connectivity index (χ3v) is 3.82. The number of halogens is 3. The second-order valence-electron chi connectivity index (χ2n) is 5.83. The molecule has 0 radical (unpaired) electrons. The topological polar surface area (TPSA) is 106 Å². The fourth-order valence-corrected chi connectivity index (χ4v) is 2.49. The summed E-state index contributed by atoms with van der Waals surface area (Å²) in [7, 11) is 0. The third-order valence-electron chi connectivity index (χ3n) is 3.82. The molecule has 0 saturated heterocycles. The number of carbonyl (C=O) groups is 1. The lowest BCUT2D eigenvalue weighted by molar-refractivity contribution is -0.274. The molecular weight excluding hydrogens is 389 g/mol. The van der Waals surface area contributed by atoms with E-state index in [4.69, 9.17) is 5.53 Å². The lowest BCUT2D eigenvalue weighted by Crippen LogP contribution is -2.17. The highest BCUT2D eigenvalue weighted by molar-refractivity contribution is 5.77. The maximum absolute atomic E-state index is 12.2. The minimum Gasteiger partial charge on any atom is -0.406 e. The van der Waals surface area contributed by atoms with Gasteiger partial charge in [-0.05, 0) is 46.9 Å². The monoisotopic (exact) mass is 402 g/mol. The molecule has 3 rings (SSSR count). The summed E-state index contributed by atoms with van der Waals surface area (Å²) < 4.78 is 41.9. The molecule has 11 heteroatoms. The van der Waals surface area contributed by atoms with Gasteiger partial charge in [-0.3, -0.25) is 4.79 Å². The van der Waals surface area contributed by atoms with Gasteiger partial charge in [0.2, 0.25) is 5.91 Å². The van der Waals surface area contributed by atoms with E-state index in [1.807, 2.05) is 12.1 Å². The molecule has 0 unspecified atom stereocenters. The molecule has 1 heterocycles. The highest BCUT2D eigenvalue weighted by atomic mass is 19.4. The molecule has 0 aliphatic carbocycles. The zero-order chi connectivity index (χ0) is 20.9. The molecule has 8 nitrogen and oxygen atoms in total. The van der Waals surface area contributed by atoms with E-state index in [0.717, 1.165) is 11.1 Å². The van der Waals surface area contributed by atoms with Crippen LogP contribution in [-0.4, -0.2) is 27.0 Å². The Hall–Kier alpha value is -3.85. The quantitative estimate of drug-likeness (QED) is 0.341. The highest BCUT2D eigenvalue weighted by Gasteiger charge is 2.30. The van der Waals surface area contributed by atoms with E-state index in [1.165, 1.54) is 35.3 Å². The fraction of sp³-hybridized carbons (Fsp3) is 0.167. The number of hydrogen-bond donors (Lipinski definition) is 0. The van der Waals surface area contributed by atoms with Crippen LogP contribution < -0.4 is 4.74 Å². The fourth-order valence-electron chi connectivity index (χ4n) is 2.49. The van der Waals surface area contributed by atoms with Crippen LogP contribution in [0.2, 0.25) is 0 Å². The lowest BCUT2D eigenvalue weighted by Gasteiger charge is -2.09. The molecule has 0 spiro atoms. The van der Waals surface area contributed by atoms with Crippen molar-refractivity contribution >= 4 is 5.91 Å². The van der Waals surface area contributed by atoms with Gasteiger partial charge in [-0.25, -0.2) is 9.67 Å². The average molecular weight is 402 g/mol. The molecule has 0 aliphatic heterocycles. The van der Waals surface area contributed by atoms with E-state index in [1.54, 1.807) is 12.1 Å². The number of aryl methyl sites for hydroxylation is 1. The molecule has 1 amide bonds. The Morgan fingerprint density at radius 2 is 1.83 bits per heavy atom. The van der Waals surface area contributed by atoms with Gasteiger partial charge in [0.1, 0.15) is 12.1 Å². The molecule has 1 aromatic heterocycles. The summed E-state index contributed by atoms with van der Waals surface area (Å²) in [5.74, 6) is -0.419. The van der Waals surface area contributed by atoms with E-state index >= 15 is 0 Å². The van der Waals surface area contributed by atoms with Gasteiger partial charge in [-0.2, -0.15) is 0 Å². The maximum Gasteiger partial charge on any atom is 0.573 e. The number of azide groups is 1. The first-order valence-electron chi connectivity index (χ1n) is 8.29. The van der Waals surface area contributed by atoms with Crippen LogP contribution in [0.4, 0.5) is 13.2 Å². The molecule has 2 aromatic carbocycles. The summed E-state index contributed by atoms with van der Waals surface area (Å²) in [5.41, 5.74) is 10.3. The van der Waals surface area contributed by atoms with Gasteiger partial charge in [0.05, 0.1) is 5.69 Å². The van der Waals surface area contributed by atoms with Crippen LogP contribution in [-0.2, 0) is 11.2 Å². The van der Waals surface area contributed by atoms with Crippen LogP contribution in [0.25, 0.3) is 27.5 Å². The van der Waals surface area contributed by atoms with Crippen LogP contribution in [0.3, 0.4) is 0 Å². The summed E-state index contributed by atoms with van der Waals surface area (Å²) in [6.45, 7) is 0. The molecule has 29 heavy (non-hydrogen) atoms. The zero-order valence-corrected chi connectivity index (χ0v) is 14.7. The molecule has 0 N–H and O–H groups in total. The molecule has 0 bridgehead atoms. The number of hydrogen-bond acceptors (Lipinski definition) is 4. The number of nitrogens with zero attached hydrogens (tertiary/aromatic N) is 6. The van der Waals surface area contributed by atoms with Crippen molar-refractivity contribution in [3.05, 3.63) is 70.9 Å². The van der Waals surface area contributed by atoms with Gasteiger partial charge in [0.25, 0.3) is 0 Å². The van der Waals surface area contributed by atoms with Gasteiger partial charge in [0, 0.05) is 16.9 Å². The smallest absolute Gasteiger partial charge is 0.406 e. The summed E-state index contributed by atoms with van der Waals surface area (Å²) >= 11 is 0. The number of benzene rings is 2. The molecule has 0 atom stereocenters. The minimum absolute atomic E-state index is 0.115. The largest absolute Gasteiger partial charge is 0.573 e. The number of alkyl halides is 3. The van der Waals surface area contributed by atoms with Crippen molar-refractivity contribution < 1.29 is 22.7 Å². The Morgan fingerprint density at radius 3 is 2.45 bits per heavy atom. The predicted molar refractivity (Wildman–Crippen MR) is 96.0 cm³/mol.